The van der Waals surface area contributed by atoms with Crippen LogP contribution in [-0.4, -0.2) is 39.1 Å². The fourth-order valence-corrected chi connectivity index (χ4v) is 1.68. The second-order valence-corrected chi connectivity index (χ2v) is 3.32. The summed E-state index contributed by atoms with van der Waals surface area (Å²) in [4.78, 5) is 17.0. The minimum absolute atomic E-state index is 0.141. The summed E-state index contributed by atoms with van der Waals surface area (Å²) in [6.07, 6.45) is 2.49. The van der Waals surface area contributed by atoms with Gasteiger partial charge in [0.25, 0.3) is 0 Å². The zero-order valence-corrected chi connectivity index (χ0v) is 7.53. The molecule has 5 nitrogen and oxygen atoms in total. The number of carbonyl (C=O) groups excluding carboxylic acids is 1. The van der Waals surface area contributed by atoms with E-state index in [2.05, 4.69) is 15.2 Å². The Hall–Kier alpha value is -1.39. The van der Waals surface area contributed by atoms with E-state index in [4.69, 9.17) is 0 Å². The van der Waals surface area contributed by atoms with Crippen molar-refractivity contribution in [2.75, 3.05) is 13.1 Å². The van der Waals surface area contributed by atoms with Crippen molar-refractivity contribution in [1.82, 2.24) is 20.1 Å². The summed E-state index contributed by atoms with van der Waals surface area (Å²) in [5, 5.41) is 6.64. The lowest BCUT2D eigenvalue weighted by Gasteiger charge is -2.12. The summed E-state index contributed by atoms with van der Waals surface area (Å²) in [5.74, 6) is 1.37. The Morgan fingerprint density at radius 1 is 1.77 bits per heavy atom. The summed E-state index contributed by atoms with van der Waals surface area (Å²) in [6.45, 7) is 3.20. The molecule has 0 saturated carbocycles. The van der Waals surface area contributed by atoms with Crippen molar-refractivity contribution < 1.29 is 4.79 Å². The number of rotatable bonds is 1. The highest BCUT2D eigenvalue weighted by Gasteiger charge is 2.26. The van der Waals surface area contributed by atoms with Gasteiger partial charge in [-0.05, 0) is 6.42 Å². The zero-order chi connectivity index (χ0) is 9.26. The summed E-state index contributed by atoms with van der Waals surface area (Å²) in [5.41, 5.74) is 0. The maximum absolute atomic E-state index is 11.0. The van der Waals surface area contributed by atoms with Gasteiger partial charge in [0.1, 0.15) is 12.2 Å². The third kappa shape index (κ3) is 1.54. The number of hydrogen-bond donors (Lipinski definition) is 1. The molecule has 5 heteroatoms. The average Bonchev–Trinajstić information content (AvgIpc) is 2.75. The van der Waals surface area contributed by atoms with E-state index in [9.17, 15) is 4.79 Å². The van der Waals surface area contributed by atoms with Gasteiger partial charge in [-0.2, -0.15) is 5.10 Å². The van der Waals surface area contributed by atoms with Crippen LogP contribution in [0.4, 0.5) is 0 Å². The third-order valence-corrected chi connectivity index (χ3v) is 2.45. The topological polar surface area (TPSA) is 61.9 Å². The second kappa shape index (κ2) is 3.16. The normalized spacial score (nSPS) is 22.2. The molecule has 1 N–H and O–H groups in total. The van der Waals surface area contributed by atoms with E-state index in [0.717, 1.165) is 25.3 Å². The minimum Gasteiger partial charge on any atom is -0.342 e. The predicted octanol–water partition coefficient (Wildman–Crippen LogP) is 0.140. The van der Waals surface area contributed by atoms with Crippen LogP contribution in [0.3, 0.4) is 0 Å². The number of likely N-dealkylation sites (tertiary alicyclic amines) is 1. The van der Waals surface area contributed by atoms with Crippen LogP contribution < -0.4 is 0 Å². The molecule has 1 amide bonds. The Labute approximate surface area is 76.2 Å². The largest absolute Gasteiger partial charge is 0.342 e. The predicted molar refractivity (Wildman–Crippen MR) is 46.0 cm³/mol. The highest BCUT2D eigenvalue weighted by atomic mass is 16.2. The molecule has 1 aliphatic heterocycles. The maximum atomic E-state index is 11.0. The van der Waals surface area contributed by atoms with Crippen LogP contribution in [0, 0.1) is 0 Å². The van der Waals surface area contributed by atoms with Crippen LogP contribution in [0.1, 0.15) is 25.1 Å². The number of hydrogen-bond acceptors (Lipinski definition) is 3. The van der Waals surface area contributed by atoms with E-state index in [-0.39, 0.29) is 5.91 Å². The molecule has 0 unspecified atom stereocenters. The van der Waals surface area contributed by atoms with E-state index in [0.29, 0.717) is 5.92 Å². The van der Waals surface area contributed by atoms with E-state index in [1.807, 2.05) is 4.90 Å². The summed E-state index contributed by atoms with van der Waals surface area (Å²) >= 11 is 0. The van der Waals surface area contributed by atoms with Crippen molar-refractivity contribution >= 4 is 5.91 Å². The summed E-state index contributed by atoms with van der Waals surface area (Å²) in [7, 11) is 0. The molecule has 0 spiro atoms. The molecule has 0 bridgehead atoms. The number of H-pyrrole nitrogens is 1. The van der Waals surface area contributed by atoms with Crippen LogP contribution in [0.25, 0.3) is 0 Å². The van der Waals surface area contributed by atoms with Gasteiger partial charge < -0.3 is 4.90 Å². The molecule has 1 saturated heterocycles. The van der Waals surface area contributed by atoms with E-state index < -0.39 is 0 Å². The summed E-state index contributed by atoms with van der Waals surface area (Å²) < 4.78 is 0. The molecular formula is C8H12N4O. The molecule has 1 aliphatic rings. The lowest BCUT2D eigenvalue weighted by molar-refractivity contribution is -0.127. The fourth-order valence-electron chi connectivity index (χ4n) is 1.68. The highest BCUT2D eigenvalue weighted by molar-refractivity contribution is 5.73. The van der Waals surface area contributed by atoms with Crippen molar-refractivity contribution in [1.29, 1.82) is 0 Å². The van der Waals surface area contributed by atoms with Crippen LogP contribution in [0.2, 0.25) is 0 Å². The van der Waals surface area contributed by atoms with Crippen molar-refractivity contribution in [3.05, 3.63) is 12.2 Å². The second-order valence-electron chi connectivity index (χ2n) is 3.32. The Bertz CT molecular complexity index is 295. The number of nitrogens with zero attached hydrogens (tertiary/aromatic N) is 3. The van der Waals surface area contributed by atoms with E-state index >= 15 is 0 Å². The minimum atomic E-state index is 0.141. The van der Waals surface area contributed by atoms with Crippen molar-refractivity contribution in [2.45, 2.75) is 19.3 Å². The monoisotopic (exact) mass is 180 g/mol. The Kier molecular flexibility index (Phi) is 2.00. The van der Waals surface area contributed by atoms with Gasteiger partial charge in [0.05, 0.1) is 0 Å². The van der Waals surface area contributed by atoms with Crippen LogP contribution >= 0.6 is 0 Å². The van der Waals surface area contributed by atoms with Gasteiger partial charge in [-0.3, -0.25) is 9.89 Å². The fraction of sp³-hybridized carbons (Fsp3) is 0.625. The van der Waals surface area contributed by atoms with Gasteiger partial charge in [-0.15, -0.1) is 0 Å². The van der Waals surface area contributed by atoms with Crippen molar-refractivity contribution in [2.24, 2.45) is 0 Å². The molecule has 0 aliphatic carbocycles. The standard InChI is InChI=1S/C8H12N4O/c1-6(13)12-3-2-7(4-12)8-9-5-10-11-8/h5,7H,2-4H2,1H3,(H,9,10,11)/t7-/m0/s1. The molecule has 1 aromatic rings. The molecule has 1 atom stereocenters. The molecule has 1 fully saturated rings. The first-order valence-corrected chi connectivity index (χ1v) is 4.38. The average molecular weight is 180 g/mol. The highest BCUT2D eigenvalue weighted by Crippen LogP contribution is 2.23. The Morgan fingerprint density at radius 2 is 2.62 bits per heavy atom. The molecule has 0 radical (unpaired) electrons. The smallest absolute Gasteiger partial charge is 0.219 e. The van der Waals surface area contributed by atoms with Gasteiger partial charge in [0.2, 0.25) is 5.91 Å². The molecule has 70 valence electrons. The third-order valence-electron chi connectivity index (χ3n) is 2.45. The number of aromatic amines is 1. The van der Waals surface area contributed by atoms with Crippen molar-refractivity contribution in [3.8, 4) is 0 Å². The molecule has 2 rings (SSSR count). The number of aromatic nitrogens is 3. The van der Waals surface area contributed by atoms with Gasteiger partial charge in [-0.1, -0.05) is 0 Å². The SMILES string of the molecule is CC(=O)N1CC[C@H](c2ncn[nH]2)C1. The quantitative estimate of drug-likeness (QED) is 0.668. The Balaban J connectivity index is 2.03. The molecule has 1 aromatic heterocycles. The lowest BCUT2D eigenvalue weighted by Crippen LogP contribution is -2.25. The maximum Gasteiger partial charge on any atom is 0.219 e. The first kappa shape index (κ1) is 8.22. The number of carbonyl (C=O) groups is 1. The van der Waals surface area contributed by atoms with E-state index in [1.165, 1.54) is 6.33 Å². The van der Waals surface area contributed by atoms with Crippen molar-refractivity contribution in [3.63, 3.8) is 0 Å². The molecule has 13 heavy (non-hydrogen) atoms. The summed E-state index contributed by atoms with van der Waals surface area (Å²) in [6, 6.07) is 0. The van der Waals surface area contributed by atoms with E-state index in [1.54, 1.807) is 6.92 Å². The lowest BCUT2D eigenvalue weighted by atomic mass is 10.1. The molecule has 0 aromatic carbocycles. The first-order chi connectivity index (χ1) is 6.27. The van der Waals surface area contributed by atoms with Gasteiger partial charge in [0, 0.05) is 25.9 Å². The van der Waals surface area contributed by atoms with Gasteiger partial charge in [-0.25, -0.2) is 4.98 Å². The Morgan fingerprint density at radius 3 is 3.15 bits per heavy atom. The molecular weight excluding hydrogens is 168 g/mol. The first-order valence-electron chi connectivity index (χ1n) is 4.38. The van der Waals surface area contributed by atoms with Gasteiger partial charge >= 0.3 is 0 Å². The number of nitrogens with one attached hydrogen (secondary N) is 1. The van der Waals surface area contributed by atoms with Crippen LogP contribution in [0.15, 0.2) is 6.33 Å². The number of amides is 1. The van der Waals surface area contributed by atoms with Gasteiger partial charge in [0.15, 0.2) is 0 Å². The molecule has 2 heterocycles. The van der Waals surface area contributed by atoms with Crippen LogP contribution in [0.5, 0.6) is 0 Å². The zero-order valence-electron chi connectivity index (χ0n) is 7.53. The van der Waals surface area contributed by atoms with Crippen LogP contribution in [-0.2, 0) is 4.79 Å².